The largest absolute Gasteiger partial charge is 0.370 e. The maximum atomic E-state index is 3.63. The SMILES string of the molecule is CN1CCCN(c2cc(Br)ccc2CNC(C)(C)C)CC1. The van der Waals surface area contributed by atoms with E-state index in [-0.39, 0.29) is 5.54 Å². The van der Waals surface area contributed by atoms with E-state index in [1.54, 1.807) is 0 Å². The van der Waals surface area contributed by atoms with Crippen LogP contribution in [-0.2, 0) is 6.54 Å². The Morgan fingerprint density at radius 3 is 2.62 bits per heavy atom. The zero-order valence-corrected chi connectivity index (χ0v) is 15.3. The molecule has 0 saturated carbocycles. The van der Waals surface area contributed by atoms with Crippen molar-refractivity contribution in [3.63, 3.8) is 0 Å². The molecule has 0 spiro atoms. The van der Waals surface area contributed by atoms with Crippen LogP contribution in [0.2, 0.25) is 0 Å². The quantitative estimate of drug-likeness (QED) is 0.897. The number of benzene rings is 1. The van der Waals surface area contributed by atoms with Gasteiger partial charge in [0.1, 0.15) is 0 Å². The molecule has 1 aliphatic heterocycles. The number of halogens is 1. The van der Waals surface area contributed by atoms with Crippen LogP contribution in [0.4, 0.5) is 5.69 Å². The number of nitrogens with one attached hydrogen (secondary N) is 1. The molecule has 0 amide bonds. The Labute approximate surface area is 137 Å². The van der Waals surface area contributed by atoms with Crippen LogP contribution in [0.15, 0.2) is 22.7 Å². The van der Waals surface area contributed by atoms with Crippen molar-refractivity contribution in [2.75, 3.05) is 38.1 Å². The van der Waals surface area contributed by atoms with Gasteiger partial charge in [0.15, 0.2) is 0 Å². The Morgan fingerprint density at radius 2 is 1.90 bits per heavy atom. The Hall–Kier alpha value is -0.580. The zero-order chi connectivity index (χ0) is 15.5. The van der Waals surface area contributed by atoms with Crippen LogP contribution in [0, 0.1) is 0 Å². The van der Waals surface area contributed by atoms with E-state index in [2.05, 4.69) is 77.1 Å². The minimum atomic E-state index is 0.142. The molecule has 1 N–H and O–H groups in total. The van der Waals surface area contributed by atoms with Crippen molar-refractivity contribution in [1.29, 1.82) is 0 Å². The third-order valence-corrected chi connectivity index (χ3v) is 4.41. The van der Waals surface area contributed by atoms with Crippen LogP contribution in [-0.4, -0.2) is 43.7 Å². The van der Waals surface area contributed by atoms with Gasteiger partial charge in [-0.2, -0.15) is 0 Å². The third kappa shape index (κ3) is 5.28. The van der Waals surface area contributed by atoms with Gasteiger partial charge < -0.3 is 15.1 Å². The summed E-state index contributed by atoms with van der Waals surface area (Å²) in [6.45, 7) is 12.1. The van der Waals surface area contributed by atoms with Gasteiger partial charge in [0.2, 0.25) is 0 Å². The van der Waals surface area contributed by atoms with Gasteiger partial charge in [-0.3, -0.25) is 0 Å². The molecule has 4 heteroatoms. The minimum absolute atomic E-state index is 0.142. The molecule has 1 aromatic carbocycles. The smallest absolute Gasteiger partial charge is 0.0423 e. The molecule has 118 valence electrons. The number of rotatable bonds is 3. The monoisotopic (exact) mass is 353 g/mol. The lowest BCUT2D eigenvalue weighted by molar-refractivity contribution is 0.360. The molecule has 1 saturated heterocycles. The standard InChI is InChI=1S/C17H28BrN3/c1-17(2,3)19-13-14-6-7-15(18)12-16(14)21-9-5-8-20(4)10-11-21/h6-7,12,19H,5,8-11,13H2,1-4H3. The molecule has 1 heterocycles. The average molecular weight is 354 g/mol. The zero-order valence-electron chi connectivity index (χ0n) is 13.7. The normalized spacial score (nSPS) is 17.9. The lowest BCUT2D eigenvalue weighted by Crippen LogP contribution is -2.36. The van der Waals surface area contributed by atoms with Crippen LogP contribution < -0.4 is 10.2 Å². The number of anilines is 1. The van der Waals surface area contributed by atoms with E-state index < -0.39 is 0 Å². The minimum Gasteiger partial charge on any atom is -0.370 e. The summed E-state index contributed by atoms with van der Waals surface area (Å²) in [5, 5.41) is 3.61. The second kappa shape index (κ2) is 7.12. The molecule has 1 aromatic rings. The second-order valence-corrected chi connectivity index (χ2v) is 7.94. The number of hydrogen-bond donors (Lipinski definition) is 1. The van der Waals surface area contributed by atoms with Gasteiger partial charge in [-0.25, -0.2) is 0 Å². The van der Waals surface area contributed by atoms with E-state index in [1.165, 1.54) is 24.2 Å². The molecule has 0 aromatic heterocycles. The van der Waals surface area contributed by atoms with E-state index in [0.29, 0.717) is 0 Å². The summed E-state index contributed by atoms with van der Waals surface area (Å²) < 4.78 is 1.16. The van der Waals surface area contributed by atoms with E-state index >= 15 is 0 Å². The predicted molar refractivity (Wildman–Crippen MR) is 95.1 cm³/mol. The maximum Gasteiger partial charge on any atom is 0.0423 e. The Bertz CT molecular complexity index is 468. The molecule has 1 aliphatic rings. The Kier molecular flexibility index (Phi) is 5.69. The lowest BCUT2D eigenvalue weighted by Gasteiger charge is -2.28. The molecule has 3 nitrogen and oxygen atoms in total. The highest BCUT2D eigenvalue weighted by Crippen LogP contribution is 2.26. The van der Waals surface area contributed by atoms with Crippen LogP contribution >= 0.6 is 15.9 Å². The molecule has 0 bridgehead atoms. The van der Waals surface area contributed by atoms with E-state index in [0.717, 1.165) is 30.7 Å². The lowest BCUT2D eigenvalue weighted by atomic mass is 10.1. The molecule has 1 fully saturated rings. The third-order valence-electron chi connectivity index (χ3n) is 3.92. The first-order chi connectivity index (χ1) is 9.85. The molecule has 21 heavy (non-hydrogen) atoms. The van der Waals surface area contributed by atoms with Gasteiger partial charge in [-0.15, -0.1) is 0 Å². The Morgan fingerprint density at radius 1 is 1.14 bits per heavy atom. The van der Waals surface area contributed by atoms with Gasteiger partial charge in [-0.05, 0) is 58.5 Å². The molecule has 0 radical (unpaired) electrons. The first-order valence-corrected chi connectivity index (χ1v) is 8.61. The van der Waals surface area contributed by atoms with Crippen molar-refractivity contribution < 1.29 is 0 Å². The van der Waals surface area contributed by atoms with Crippen LogP contribution in [0.1, 0.15) is 32.8 Å². The first-order valence-electron chi connectivity index (χ1n) is 7.82. The van der Waals surface area contributed by atoms with Crippen molar-refractivity contribution in [2.24, 2.45) is 0 Å². The van der Waals surface area contributed by atoms with Crippen LogP contribution in [0.5, 0.6) is 0 Å². The second-order valence-electron chi connectivity index (χ2n) is 7.02. The molecule has 0 aliphatic carbocycles. The number of nitrogens with zero attached hydrogens (tertiary/aromatic N) is 2. The van der Waals surface area contributed by atoms with Gasteiger partial charge in [-0.1, -0.05) is 22.0 Å². The summed E-state index contributed by atoms with van der Waals surface area (Å²) in [6, 6.07) is 6.66. The van der Waals surface area contributed by atoms with Crippen molar-refractivity contribution in [2.45, 2.75) is 39.3 Å². The number of hydrogen-bond acceptors (Lipinski definition) is 3. The van der Waals surface area contributed by atoms with E-state index in [1.807, 2.05) is 0 Å². The Balaban J connectivity index is 2.18. The fourth-order valence-corrected chi connectivity index (χ4v) is 2.98. The molecule has 0 atom stereocenters. The van der Waals surface area contributed by atoms with Gasteiger partial charge in [0, 0.05) is 41.9 Å². The highest BCUT2D eigenvalue weighted by Gasteiger charge is 2.17. The highest BCUT2D eigenvalue weighted by molar-refractivity contribution is 9.10. The first kappa shape index (κ1) is 16.8. The number of likely N-dealkylation sites (N-methyl/N-ethyl adjacent to an activating group) is 1. The molecule has 2 rings (SSSR count). The molecule has 0 unspecified atom stereocenters. The topological polar surface area (TPSA) is 18.5 Å². The van der Waals surface area contributed by atoms with Crippen molar-refractivity contribution in [3.8, 4) is 0 Å². The summed E-state index contributed by atoms with van der Waals surface area (Å²) >= 11 is 3.63. The maximum absolute atomic E-state index is 3.63. The summed E-state index contributed by atoms with van der Waals surface area (Å²) in [7, 11) is 2.21. The summed E-state index contributed by atoms with van der Waals surface area (Å²) in [5.41, 5.74) is 2.90. The van der Waals surface area contributed by atoms with Crippen LogP contribution in [0.25, 0.3) is 0 Å². The van der Waals surface area contributed by atoms with E-state index in [9.17, 15) is 0 Å². The fraction of sp³-hybridized carbons (Fsp3) is 0.647. The fourth-order valence-electron chi connectivity index (χ4n) is 2.63. The summed E-state index contributed by atoms with van der Waals surface area (Å²) in [6.07, 6.45) is 1.23. The van der Waals surface area contributed by atoms with Crippen molar-refractivity contribution in [1.82, 2.24) is 10.2 Å². The summed E-state index contributed by atoms with van der Waals surface area (Å²) in [5.74, 6) is 0. The predicted octanol–water partition coefficient (Wildman–Crippen LogP) is 3.48. The summed E-state index contributed by atoms with van der Waals surface area (Å²) in [4.78, 5) is 4.96. The molecular weight excluding hydrogens is 326 g/mol. The van der Waals surface area contributed by atoms with Gasteiger partial charge in [0.25, 0.3) is 0 Å². The van der Waals surface area contributed by atoms with Crippen LogP contribution in [0.3, 0.4) is 0 Å². The van der Waals surface area contributed by atoms with Gasteiger partial charge >= 0.3 is 0 Å². The highest BCUT2D eigenvalue weighted by atomic mass is 79.9. The van der Waals surface area contributed by atoms with Crippen molar-refractivity contribution >= 4 is 21.6 Å². The molecular formula is C17H28BrN3. The average Bonchev–Trinajstić information content (AvgIpc) is 2.61. The van der Waals surface area contributed by atoms with Gasteiger partial charge in [0.05, 0.1) is 0 Å². The van der Waals surface area contributed by atoms with E-state index in [4.69, 9.17) is 0 Å². The van der Waals surface area contributed by atoms with Crippen molar-refractivity contribution in [3.05, 3.63) is 28.2 Å².